The topological polar surface area (TPSA) is 91.8 Å². The standard InChI is InChI=1S/C22H22N4O2S2/c1-14(29-22-26-25-19(28-22)12-15-8-4-2-5-9-15)20(27)24-21-17(13-23)16-10-6-3-7-11-18(16)30-21/h2,4-5,8-9,14H,3,6-7,10-12H2,1H3,(H,24,27)/t14-/m0/s1. The van der Waals surface area contributed by atoms with Gasteiger partial charge in [-0.05, 0) is 43.7 Å². The largest absolute Gasteiger partial charge is 0.416 e. The molecule has 154 valence electrons. The SMILES string of the molecule is C[C@H](Sc1nnc(Cc2ccccc2)o1)C(=O)Nc1sc2c(c1C#N)CCCCC2. The summed E-state index contributed by atoms with van der Waals surface area (Å²) in [5, 5.41) is 21.3. The van der Waals surface area contributed by atoms with Crippen LogP contribution in [-0.2, 0) is 24.1 Å². The van der Waals surface area contributed by atoms with E-state index in [0.29, 0.717) is 28.1 Å². The predicted molar refractivity (Wildman–Crippen MR) is 118 cm³/mol. The molecule has 1 aliphatic carbocycles. The lowest BCUT2D eigenvalue weighted by molar-refractivity contribution is -0.115. The van der Waals surface area contributed by atoms with Crippen molar-refractivity contribution in [3.8, 4) is 6.07 Å². The van der Waals surface area contributed by atoms with E-state index in [1.54, 1.807) is 18.3 Å². The minimum atomic E-state index is -0.427. The van der Waals surface area contributed by atoms with Gasteiger partial charge in [0, 0.05) is 4.88 Å². The van der Waals surface area contributed by atoms with Crippen LogP contribution in [0.3, 0.4) is 0 Å². The molecular weight excluding hydrogens is 416 g/mol. The van der Waals surface area contributed by atoms with Gasteiger partial charge in [-0.3, -0.25) is 4.79 Å². The molecular formula is C22H22N4O2S2. The summed E-state index contributed by atoms with van der Waals surface area (Å²) in [5.41, 5.74) is 2.84. The number of carbonyl (C=O) groups excluding carboxylic acids is 1. The number of carbonyl (C=O) groups is 1. The van der Waals surface area contributed by atoms with Crippen molar-refractivity contribution in [2.75, 3.05) is 5.32 Å². The van der Waals surface area contributed by atoms with Gasteiger partial charge in [0.15, 0.2) is 0 Å². The number of aryl methyl sites for hydroxylation is 1. The molecule has 1 N–H and O–H groups in total. The third-order valence-corrected chi connectivity index (χ3v) is 7.20. The summed E-state index contributed by atoms with van der Waals surface area (Å²) in [4.78, 5) is 14.0. The Bertz CT molecular complexity index is 1070. The van der Waals surface area contributed by atoms with E-state index >= 15 is 0 Å². The van der Waals surface area contributed by atoms with Gasteiger partial charge in [0.05, 0.1) is 17.2 Å². The lowest BCUT2D eigenvalue weighted by atomic mass is 10.1. The first-order valence-electron chi connectivity index (χ1n) is 10.0. The third-order valence-electron chi connectivity index (χ3n) is 5.06. The molecule has 1 atom stereocenters. The van der Waals surface area contributed by atoms with Gasteiger partial charge in [0.25, 0.3) is 5.22 Å². The zero-order valence-electron chi connectivity index (χ0n) is 16.7. The molecule has 0 fully saturated rings. The second kappa shape index (κ2) is 9.45. The molecule has 3 aromatic rings. The molecule has 0 saturated heterocycles. The quantitative estimate of drug-likeness (QED) is 0.431. The summed E-state index contributed by atoms with van der Waals surface area (Å²) in [6, 6.07) is 12.2. The summed E-state index contributed by atoms with van der Waals surface area (Å²) in [7, 11) is 0. The molecule has 2 aromatic heterocycles. The third kappa shape index (κ3) is 4.74. The molecule has 4 rings (SSSR count). The van der Waals surface area contributed by atoms with Gasteiger partial charge in [-0.25, -0.2) is 0 Å². The number of benzene rings is 1. The Morgan fingerprint density at radius 1 is 1.27 bits per heavy atom. The van der Waals surface area contributed by atoms with E-state index in [-0.39, 0.29) is 5.91 Å². The number of nitriles is 1. The number of anilines is 1. The highest BCUT2D eigenvalue weighted by molar-refractivity contribution is 8.00. The highest BCUT2D eigenvalue weighted by atomic mass is 32.2. The van der Waals surface area contributed by atoms with Crippen LogP contribution in [0.1, 0.15) is 53.6 Å². The molecule has 6 nitrogen and oxygen atoms in total. The van der Waals surface area contributed by atoms with E-state index in [2.05, 4.69) is 21.6 Å². The van der Waals surface area contributed by atoms with E-state index < -0.39 is 5.25 Å². The average molecular weight is 439 g/mol. The summed E-state index contributed by atoms with van der Waals surface area (Å²) < 4.78 is 5.69. The monoisotopic (exact) mass is 438 g/mol. The smallest absolute Gasteiger partial charge is 0.277 e. The molecule has 0 bridgehead atoms. The fraction of sp³-hybridized carbons (Fsp3) is 0.364. The fourth-order valence-corrected chi connectivity index (χ4v) is 5.44. The van der Waals surface area contributed by atoms with Crippen molar-refractivity contribution >= 4 is 34.0 Å². The molecule has 2 heterocycles. The number of hydrogen-bond donors (Lipinski definition) is 1. The van der Waals surface area contributed by atoms with Gasteiger partial charge < -0.3 is 9.73 Å². The van der Waals surface area contributed by atoms with Crippen LogP contribution in [0.25, 0.3) is 0 Å². The number of thioether (sulfide) groups is 1. The van der Waals surface area contributed by atoms with Crippen LogP contribution >= 0.6 is 23.1 Å². The number of hydrogen-bond acceptors (Lipinski definition) is 7. The normalized spacial score (nSPS) is 14.4. The van der Waals surface area contributed by atoms with E-state index in [4.69, 9.17) is 4.42 Å². The maximum Gasteiger partial charge on any atom is 0.277 e. The molecule has 0 spiro atoms. The van der Waals surface area contributed by atoms with Gasteiger partial charge in [0.2, 0.25) is 11.8 Å². The van der Waals surface area contributed by atoms with Crippen LogP contribution in [0, 0.1) is 11.3 Å². The van der Waals surface area contributed by atoms with Gasteiger partial charge in [0.1, 0.15) is 11.1 Å². The summed E-state index contributed by atoms with van der Waals surface area (Å²) in [6.45, 7) is 1.80. The highest BCUT2D eigenvalue weighted by Crippen LogP contribution is 2.37. The Kier molecular flexibility index (Phi) is 6.50. The minimum absolute atomic E-state index is 0.171. The Morgan fingerprint density at radius 2 is 2.07 bits per heavy atom. The van der Waals surface area contributed by atoms with Crippen LogP contribution in [0.5, 0.6) is 0 Å². The van der Waals surface area contributed by atoms with Gasteiger partial charge in [-0.1, -0.05) is 48.5 Å². The Hall–Kier alpha value is -2.63. The van der Waals surface area contributed by atoms with Crippen molar-refractivity contribution in [2.45, 2.75) is 55.9 Å². The van der Waals surface area contributed by atoms with Crippen LogP contribution in [0.4, 0.5) is 5.00 Å². The fourth-order valence-electron chi connectivity index (χ4n) is 3.50. The van der Waals surface area contributed by atoms with Crippen LogP contribution in [0.2, 0.25) is 0 Å². The molecule has 0 saturated carbocycles. The zero-order chi connectivity index (χ0) is 20.9. The second-order valence-electron chi connectivity index (χ2n) is 7.25. The lowest BCUT2D eigenvalue weighted by Crippen LogP contribution is -2.22. The highest BCUT2D eigenvalue weighted by Gasteiger charge is 2.24. The number of thiophene rings is 1. The number of rotatable bonds is 6. The summed E-state index contributed by atoms with van der Waals surface area (Å²) in [6.07, 6.45) is 5.89. The van der Waals surface area contributed by atoms with Crippen molar-refractivity contribution in [3.05, 3.63) is 57.8 Å². The molecule has 0 unspecified atom stereocenters. The Balaban J connectivity index is 1.40. The van der Waals surface area contributed by atoms with Gasteiger partial charge >= 0.3 is 0 Å². The molecule has 1 aromatic carbocycles. The maximum absolute atomic E-state index is 12.7. The molecule has 1 aliphatic rings. The zero-order valence-corrected chi connectivity index (χ0v) is 18.3. The second-order valence-corrected chi connectivity index (χ2v) is 9.65. The van der Waals surface area contributed by atoms with E-state index in [9.17, 15) is 10.1 Å². The number of fused-ring (bicyclic) bond motifs is 1. The summed E-state index contributed by atoms with van der Waals surface area (Å²) >= 11 is 2.77. The number of nitrogens with zero attached hydrogens (tertiary/aromatic N) is 3. The van der Waals surface area contributed by atoms with Gasteiger partial charge in [-0.2, -0.15) is 5.26 Å². The molecule has 1 amide bonds. The lowest BCUT2D eigenvalue weighted by Gasteiger charge is -2.09. The van der Waals surface area contributed by atoms with E-state index in [0.717, 1.165) is 36.8 Å². The average Bonchev–Trinajstić information content (AvgIpc) is 3.24. The van der Waals surface area contributed by atoms with Crippen molar-refractivity contribution in [3.63, 3.8) is 0 Å². The van der Waals surface area contributed by atoms with Crippen LogP contribution < -0.4 is 5.32 Å². The van der Waals surface area contributed by atoms with E-state index in [1.165, 1.54) is 23.1 Å². The first-order valence-corrected chi connectivity index (χ1v) is 11.7. The molecule has 0 radical (unpaired) electrons. The predicted octanol–water partition coefficient (Wildman–Crippen LogP) is 4.98. The Labute approximate surface area is 183 Å². The molecule has 8 heteroatoms. The van der Waals surface area contributed by atoms with E-state index in [1.807, 2.05) is 30.3 Å². The number of amides is 1. The number of nitrogens with one attached hydrogen (secondary N) is 1. The first-order chi connectivity index (χ1) is 14.6. The summed E-state index contributed by atoms with van der Waals surface area (Å²) in [5.74, 6) is 0.348. The minimum Gasteiger partial charge on any atom is -0.416 e. The van der Waals surface area contributed by atoms with Crippen molar-refractivity contribution in [1.82, 2.24) is 10.2 Å². The van der Waals surface area contributed by atoms with Crippen molar-refractivity contribution in [1.29, 1.82) is 5.26 Å². The van der Waals surface area contributed by atoms with Crippen molar-refractivity contribution in [2.24, 2.45) is 0 Å². The number of aromatic nitrogens is 2. The van der Waals surface area contributed by atoms with Crippen molar-refractivity contribution < 1.29 is 9.21 Å². The maximum atomic E-state index is 12.7. The van der Waals surface area contributed by atoms with Gasteiger partial charge in [-0.15, -0.1) is 21.5 Å². The molecule has 30 heavy (non-hydrogen) atoms. The van der Waals surface area contributed by atoms with Crippen LogP contribution in [0.15, 0.2) is 40.0 Å². The first kappa shape index (κ1) is 20.6. The molecule has 0 aliphatic heterocycles. The van der Waals surface area contributed by atoms with Crippen LogP contribution in [-0.4, -0.2) is 21.4 Å². The Morgan fingerprint density at radius 3 is 2.87 bits per heavy atom.